The van der Waals surface area contributed by atoms with E-state index in [0.717, 1.165) is 18.8 Å². The van der Waals surface area contributed by atoms with Crippen LogP contribution in [0.2, 0.25) is 0 Å². The Balaban J connectivity index is 1.98. The summed E-state index contributed by atoms with van der Waals surface area (Å²) in [5.74, 6) is 1.14. The van der Waals surface area contributed by atoms with E-state index in [1.807, 2.05) is 17.0 Å². The number of nitrogens with zero attached hydrogens (tertiary/aromatic N) is 1. The average molecular weight is 233 g/mol. The van der Waals surface area contributed by atoms with Gasteiger partial charge in [-0.2, -0.15) is 0 Å². The van der Waals surface area contributed by atoms with Gasteiger partial charge in [0.25, 0.3) is 0 Å². The fraction of sp³-hybridized carbons (Fsp3) is 0.462. The van der Waals surface area contributed by atoms with Crippen molar-refractivity contribution >= 4 is 17.4 Å². The smallest absolute Gasteiger partial charge is 0.321 e. The van der Waals surface area contributed by atoms with Crippen molar-refractivity contribution in [1.29, 1.82) is 0 Å². The fourth-order valence-corrected chi connectivity index (χ4v) is 2.11. The highest BCUT2D eigenvalue weighted by atomic mass is 16.2. The van der Waals surface area contributed by atoms with Crippen molar-refractivity contribution in [3.05, 3.63) is 24.3 Å². The van der Waals surface area contributed by atoms with Gasteiger partial charge in [-0.05, 0) is 30.0 Å². The molecule has 92 valence electrons. The third-order valence-corrected chi connectivity index (χ3v) is 3.41. The maximum atomic E-state index is 12.0. The van der Waals surface area contributed by atoms with Crippen LogP contribution in [0.3, 0.4) is 0 Å². The number of benzene rings is 1. The molecule has 3 N–H and O–H groups in total. The minimum absolute atomic E-state index is 0.0354. The fourth-order valence-electron chi connectivity index (χ4n) is 2.11. The first-order chi connectivity index (χ1) is 8.06. The first-order valence-corrected chi connectivity index (χ1v) is 5.97. The van der Waals surface area contributed by atoms with Gasteiger partial charge in [-0.1, -0.05) is 19.9 Å². The van der Waals surface area contributed by atoms with E-state index in [9.17, 15) is 4.79 Å². The molecule has 2 amide bonds. The molecule has 1 aromatic carbocycles. The molecule has 1 aliphatic heterocycles. The SMILES string of the molecule is CC1CN(C(=O)Nc2cccc(N)c2)CC1C. The lowest BCUT2D eigenvalue weighted by Gasteiger charge is -2.17. The number of amides is 2. The number of rotatable bonds is 1. The van der Waals surface area contributed by atoms with E-state index in [-0.39, 0.29) is 6.03 Å². The zero-order chi connectivity index (χ0) is 12.4. The summed E-state index contributed by atoms with van der Waals surface area (Å²) in [6.45, 7) is 6.02. The third-order valence-electron chi connectivity index (χ3n) is 3.41. The predicted octanol–water partition coefficient (Wildman–Crippen LogP) is 2.39. The molecule has 1 saturated heterocycles. The first-order valence-electron chi connectivity index (χ1n) is 5.97. The Kier molecular flexibility index (Phi) is 3.22. The van der Waals surface area contributed by atoms with Crippen LogP contribution in [-0.2, 0) is 0 Å². The van der Waals surface area contributed by atoms with Gasteiger partial charge in [0.05, 0.1) is 0 Å². The number of carbonyl (C=O) groups is 1. The van der Waals surface area contributed by atoms with Gasteiger partial charge in [-0.25, -0.2) is 4.79 Å². The largest absolute Gasteiger partial charge is 0.399 e. The molecule has 4 nitrogen and oxygen atoms in total. The van der Waals surface area contributed by atoms with Crippen molar-refractivity contribution in [3.8, 4) is 0 Å². The molecule has 17 heavy (non-hydrogen) atoms. The number of anilines is 2. The quantitative estimate of drug-likeness (QED) is 0.732. The van der Waals surface area contributed by atoms with Crippen molar-refractivity contribution in [2.45, 2.75) is 13.8 Å². The van der Waals surface area contributed by atoms with Crippen molar-refractivity contribution in [2.24, 2.45) is 11.8 Å². The summed E-state index contributed by atoms with van der Waals surface area (Å²) >= 11 is 0. The van der Waals surface area contributed by atoms with Crippen molar-refractivity contribution in [3.63, 3.8) is 0 Å². The van der Waals surface area contributed by atoms with Crippen LogP contribution >= 0.6 is 0 Å². The topological polar surface area (TPSA) is 58.4 Å². The van der Waals surface area contributed by atoms with E-state index in [0.29, 0.717) is 17.5 Å². The van der Waals surface area contributed by atoms with Crippen LogP contribution in [0.1, 0.15) is 13.8 Å². The van der Waals surface area contributed by atoms with Crippen LogP contribution in [0.5, 0.6) is 0 Å². The molecule has 2 unspecified atom stereocenters. The van der Waals surface area contributed by atoms with E-state index in [1.165, 1.54) is 0 Å². The lowest BCUT2D eigenvalue weighted by molar-refractivity contribution is 0.220. The van der Waals surface area contributed by atoms with E-state index in [4.69, 9.17) is 5.73 Å². The molecule has 0 aromatic heterocycles. The summed E-state index contributed by atoms with van der Waals surface area (Å²) in [6.07, 6.45) is 0. The summed E-state index contributed by atoms with van der Waals surface area (Å²) in [4.78, 5) is 13.9. The highest BCUT2D eigenvalue weighted by Gasteiger charge is 2.29. The highest BCUT2D eigenvalue weighted by Crippen LogP contribution is 2.23. The van der Waals surface area contributed by atoms with Gasteiger partial charge in [0, 0.05) is 24.5 Å². The summed E-state index contributed by atoms with van der Waals surface area (Å²) in [5, 5.41) is 2.87. The third kappa shape index (κ3) is 2.70. The molecular weight excluding hydrogens is 214 g/mol. The molecule has 0 radical (unpaired) electrons. The molecule has 4 heteroatoms. The van der Waals surface area contributed by atoms with Crippen molar-refractivity contribution in [2.75, 3.05) is 24.1 Å². The van der Waals surface area contributed by atoms with Crippen LogP contribution < -0.4 is 11.1 Å². The Morgan fingerprint density at radius 1 is 1.35 bits per heavy atom. The monoisotopic (exact) mass is 233 g/mol. The maximum Gasteiger partial charge on any atom is 0.321 e. The molecule has 1 heterocycles. The number of hydrogen-bond acceptors (Lipinski definition) is 2. The van der Waals surface area contributed by atoms with Crippen molar-refractivity contribution in [1.82, 2.24) is 4.90 Å². The number of nitrogens with one attached hydrogen (secondary N) is 1. The average Bonchev–Trinajstić information content (AvgIpc) is 2.59. The number of carbonyl (C=O) groups excluding carboxylic acids is 1. The molecule has 0 saturated carbocycles. The minimum atomic E-state index is -0.0354. The van der Waals surface area contributed by atoms with Gasteiger partial charge >= 0.3 is 6.03 Å². The van der Waals surface area contributed by atoms with Crippen LogP contribution in [0.15, 0.2) is 24.3 Å². The number of likely N-dealkylation sites (tertiary alicyclic amines) is 1. The van der Waals surface area contributed by atoms with E-state index in [2.05, 4.69) is 19.2 Å². The highest BCUT2D eigenvalue weighted by molar-refractivity contribution is 5.90. The second-order valence-corrected chi connectivity index (χ2v) is 4.92. The van der Waals surface area contributed by atoms with E-state index < -0.39 is 0 Å². The normalized spacial score (nSPS) is 23.8. The Labute approximate surface area is 102 Å². The molecular formula is C13H19N3O. The summed E-state index contributed by atoms with van der Waals surface area (Å²) < 4.78 is 0. The Morgan fingerprint density at radius 2 is 2.00 bits per heavy atom. The molecule has 0 bridgehead atoms. The second-order valence-electron chi connectivity index (χ2n) is 4.92. The van der Waals surface area contributed by atoms with Crippen LogP contribution in [0.25, 0.3) is 0 Å². The van der Waals surface area contributed by atoms with Gasteiger partial charge in [0.15, 0.2) is 0 Å². The molecule has 2 atom stereocenters. The number of urea groups is 1. The van der Waals surface area contributed by atoms with Gasteiger partial charge < -0.3 is 16.0 Å². The summed E-state index contributed by atoms with van der Waals surface area (Å²) in [5.41, 5.74) is 7.08. The van der Waals surface area contributed by atoms with Crippen molar-refractivity contribution < 1.29 is 4.79 Å². The van der Waals surface area contributed by atoms with Gasteiger partial charge in [-0.3, -0.25) is 0 Å². The van der Waals surface area contributed by atoms with Gasteiger partial charge in [-0.15, -0.1) is 0 Å². The molecule has 2 rings (SSSR count). The molecule has 0 spiro atoms. The van der Waals surface area contributed by atoms with E-state index >= 15 is 0 Å². The zero-order valence-corrected chi connectivity index (χ0v) is 10.3. The molecule has 1 aliphatic rings. The molecule has 1 aromatic rings. The lowest BCUT2D eigenvalue weighted by Crippen LogP contribution is -2.33. The summed E-state index contributed by atoms with van der Waals surface area (Å²) in [7, 11) is 0. The number of nitrogen functional groups attached to an aromatic ring is 1. The first kappa shape index (κ1) is 11.8. The van der Waals surface area contributed by atoms with Crippen LogP contribution in [0.4, 0.5) is 16.2 Å². The van der Waals surface area contributed by atoms with Gasteiger partial charge in [0.2, 0.25) is 0 Å². The standard InChI is InChI=1S/C13H19N3O/c1-9-7-16(8-10(9)2)13(17)15-12-5-3-4-11(14)6-12/h3-6,9-10H,7-8,14H2,1-2H3,(H,15,17). The van der Waals surface area contributed by atoms with Crippen LogP contribution in [0, 0.1) is 11.8 Å². The lowest BCUT2D eigenvalue weighted by atomic mass is 10.0. The van der Waals surface area contributed by atoms with E-state index in [1.54, 1.807) is 12.1 Å². The predicted molar refractivity (Wildman–Crippen MR) is 69.8 cm³/mol. The van der Waals surface area contributed by atoms with Gasteiger partial charge in [0.1, 0.15) is 0 Å². The number of nitrogens with two attached hydrogens (primary N) is 1. The minimum Gasteiger partial charge on any atom is -0.399 e. The second kappa shape index (κ2) is 4.65. The Bertz CT molecular complexity index is 409. The van der Waals surface area contributed by atoms with Crippen LogP contribution in [-0.4, -0.2) is 24.0 Å². The zero-order valence-electron chi connectivity index (χ0n) is 10.3. The summed E-state index contributed by atoms with van der Waals surface area (Å²) in [6, 6.07) is 7.21. The number of hydrogen-bond donors (Lipinski definition) is 2. The Morgan fingerprint density at radius 3 is 2.59 bits per heavy atom. The molecule has 0 aliphatic carbocycles. The Hall–Kier alpha value is -1.71. The maximum absolute atomic E-state index is 12.0. The molecule has 1 fully saturated rings.